The van der Waals surface area contributed by atoms with E-state index in [0.29, 0.717) is 24.3 Å². The van der Waals surface area contributed by atoms with E-state index in [0.717, 1.165) is 0 Å². The average Bonchev–Trinajstić information content (AvgIpc) is 2.56. The SMILES string of the molecule is O=S(=O)(O)c1cc(O)c(O)c(S(=O)(=O)O)c1.O=S(=O)(O)c1cc(O)c(O)c(S(=O)(=O)O)c1.[Na].[Sb]. The maximum absolute atomic E-state index is 10.7. The topological polar surface area (TPSA) is 298 Å². The van der Waals surface area contributed by atoms with Crippen LogP contribution in [0.25, 0.3) is 0 Å². The van der Waals surface area contributed by atoms with Crippen LogP contribution in [0.5, 0.6) is 23.0 Å². The Morgan fingerprint density at radius 1 is 0.471 bits per heavy atom. The van der Waals surface area contributed by atoms with E-state index in [1.807, 2.05) is 0 Å². The third kappa shape index (κ3) is 9.28. The van der Waals surface area contributed by atoms with Gasteiger partial charge >= 0.3 is 0 Å². The van der Waals surface area contributed by atoms with Gasteiger partial charge in [-0.25, -0.2) is 0 Å². The van der Waals surface area contributed by atoms with Crippen molar-refractivity contribution in [2.45, 2.75) is 19.6 Å². The van der Waals surface area contributed by atoms with E-state index in [9.17, 15) is 33.7 Å². The van der Waals surface area contributed by atoms with Crippen LogP contribution in [0.2, 0.25) is 0 Å². The Morgan fingerprint density at radius 2 is 0.706 bits per heavy atom. The summed E-state index contributed by atoms with van der Waals surface area (Å²) in [7, 11) is -19.4. The Hall–Kier alpha value is -0.902. The average molecular weight is 685 g/mol. The van der Waals surface area contributed by atoms with Crippen LogP contribution in [0, 0.1) is 0 Å². The first-order chi connectivity index (χ1) is 14.1. The number of phenols is 4. The second kappa shape index (κ2) is 11.9. The van der Waals surface area contributed by atoms with E-state index >= 15 is 0 Å². The van der Waals surface area contributed by atoms with Gasteiger partial charge in [0.05, 0.1) is 9.79 Å². The summed E-state index contributed by atoms with van der Waals surface area (Å²) in [5, 5.41) is 36.1. The van der Waals surface area contributed by atoms with Crippen molar-refractivity contribution >= 4 is 94.5 Å². The van der Waals surface area contributed by atoms with Gasteiger partial charge in [-0.05, 0) is 12.1 Å². The van der Waals surface area contributed by atoms with Gasteiger partial charge in [-0.1, -0.05) is 0 Å². The maximum Gasteiger partial charge on any atom is 0.298 e. The first-order valence-electron chi connectivity index (χ1n) is 7.08. The largest absolute Gasteiger partial charge is 0.504 e. The summed E-state index contributed by atoms with van der Waals surface area (Å²) in [5.41, 5.74) is 0. The van der Waals surface area contributed by atoms with E-state index in [2.05, 4.69) is 0 Å². The molecule has 0 saturated carbocycles. The second-order valence-electron chi connectivity index (χ2n) is 5.48. The van der Waals surface area contributed by atoms with Gasteiger partial charge in [-0.3, -0.25) is 18.2 Å². The van der Waals surface area contributed by atoms with Crippen LogP contribution in [0.15, 0.2) is 43.8 Å². The van der Waals surface area contributed by atoms with Crippen LogP contribution >= 0.6 is 0 Å². The molecule has 16 nitrogen and oxygen atoms in total. The molecule has 2 aromatic rings. The molecular weight excluding hydrogens is 673 g/mol. The van der Waals surface area contributed by atoms with E-state index < -0.39 is 83.1 Å². The molecule has 0 aliphatic heterocycles. The smallest absolute Gasteiger partial charge is 0.298 e. The van der Waals surface area contributed by atoms with E-state index in [4.69, 9.17) is 38.6 Å². The van der Waals surface area contributed by atoms with Crippen molar-refractivity contribution in [1.29, 1.82) is 0 Å². The van der Waals surface area contributed by atoms with Gasteiger partial charge in [0.15, 0.2) is 23.0 Å². The Morgan fingerprint density at radius 3 is 0.882 bits per heavy atom. The summed E-state index contributed by atoms with van der Waals surface area (Å²) >= 11 is 0. The number of phenolic OH excluding ortho intramolecular Hbond substituents is 4. The second-order valence-corrected chi connectivity index (χ2v) is 11.1. The maximum atomic E-state index is 10.7. The van der Waals surface area contributed by atoms with Crippen LogP contribution in [0.3, 0.4) is 0 Å². The molecule has 0 aromatic heterocycles. The molecular formula is C12H12NaO16S4Sb. The molecule has 0 saturated heterocycles. The number of hydrogen-bond acceptors (Lipinski definition) is 12. The van der Waals surface area contributed by atoms with Gasteiger partial charge in [0.2, 0.25) is 0 Å². The summed E-state index contributed by atoms with van der Waals surface area (Å²) in [5.74, 6) is -4.64. The Bertz CT molecular complexity index is 1380. The van der Waals surface area contributed by atoms with Crippen molar-refractivity contribution in [2.24, 2.45) is 0 Å². The van der Waals surface area contributed by atoms with E-state index in [-0.39, 0.29) is 54.0 Å². The number of benzene rings is 2. The van der Waals surface area contributed by atoms with Crippen molar-refractivity contribution in [3.05, 3.63) is 24.3 Å². The Labute approximate surface area is 231 Å². The summed E-state index contributed by atoms with van der Waals surface area (Å²) in [6, 6.07) is 1.47. The number of hydrogen-bond donors (Lipinski definition) is 8. The van der Waals surface area contributed by atoms with Crippen molar-refractivity contribution < 1.29 is 72.3 Å². The number of rotatable bonds is 4. The molecule has 186 valence electrons. The molecule has 0 atom stereocenters. The molecule has 0 unspecified atom stereocenters. The van der Waals surface area contributed by atoms with Crippen molar-refractivity contribution in [3.8, 4) is 23.0 Å². The predicted molar refractivity (Wildman–Crippen MR) is 110 cm³/mol. The number of aromatic hydroxyl groups is 4. The fourth-order valence-corrected chi connectivity index (χ4v) is 4.28. The molecule has 0 aliphatic carbocycles. The first-order valence-corrected chi connectivity index (χ1v) is 12.8. The van der Waals surface area contributed by atoms with Crippen LogP contribution < -0.4 is 0 Å². The quantitative estimate of drug-likeness (QED) is 0.102. The third-order valence-electron chi connectivity index (χ3n) is 3.21. The Kier molecular flexibility index (Phi) is 12.3. The standard InChI is InChI=1S/2C6H6O8S2.Na.Sb/c2*7-4-1-3(15(9,10)11)2-5(6(4)8)16(12,13)14;;/h2*1-2,7-8H,(H,9,10,11)(H,12,13,14);;. The fourth-order valence-electron chi connectivity index (χ4n) is 1.83. The van der Waals surface area contributed by atoms with E-state index in [1.165, 1.54) is 0 Å². The predicted octanol–water partition coefficient (Wildman–Crippen LogP) is -1.58. The van der Waals surface area contributed by atoms with E-state index in [1.54, 1.807) is 0 Å². The van der Waals surface area contributed by atoms with Crippen LogP contribution in [0.1, 0.15) is 0 Å². The van der Waals surface area contributed by atoms with Crippen LogP contribution in [-0.4, -0.2) is 126 Å². The van der Waals surface area contributed by atoms with Gasteiger partial charge in [-0.15, -0.1) is 0 Å². The minimum atomic E-state index is -4.92. The molecule has 0 spiro atoms. The minimum absolute atomic E-state index is 0. The van der Waals surface area contributed by atoms with Gasteiger partial charge in [0.1, 0.15) is 9.79 Å². The van der Waals surface area contributed by atoms with Crippen molar-refractivity contribution in [2.75, 3.05) is 0 Å². The summed E-state index contributed by atoms with van der Waals surface area (Å²) < 4.78 is 120. The van der Waals surface area contributed by atoms with Gasteiger partial charge in [-0.2, -0.15) is 33.7 Å². The first kappa shape index (κ1) is 35.3. The summed E-state index contributed by atoms with van der Waals surface area (Å²) in [6.45, 7) is 0. The molecule has 34 heavy (non-hydrogen) atoms. The molecule has 0 amide bonds. The van der Waals surface area contributed by atoms with Gasteiger partial charge < -0.3 is 20.4 Å². The third-order valence-corrected chi connectivity index (χ3v) is 6.61. The van der Waals surface area contributed by atoms with Crippen LogP contribution in [0.4, 0.5) is 0 Å². The zero-order valence-electron chi connectivity index (χ0n) is 16.2. The molecule has 0 aliphatic rings. The zero-order valence-corrected chi connectivity index (χ0v) is 24.1. The van der Waals surface area contributed by atoms with Crippen molar-refractivity contribution in [3.63, 3.8) is 0 Å². The molecule has 22 heteroatoms. The minimum Gasteiger partial charge on any atom is -0.504 e. The summed E-state index contributed by atoms with van der Waals surface area (Å²) in [4.78, 5) is -4.40. The molecule has 0 bridgehead atoms. The molecule has 2 rings (SSSR count). The Balaban J connectivity index is 0. The van der Waals surface area contributed by atoms with Gasteiger partial charge in [0, 0.05) is 66.1 Å². The summed E-state index contributed by atoms with van der Waals surface area (Å²) in [6.07, 6.45) is 0. The molecule has 0 heterocycles. The zero-order chi connectivity index (χ0) is 25.4. The normalized spacial score (nSPS) is 11.9. The van der Waals surface area contributed by atoms with Crippen molar-refractivity contribution in [1.82, 2.24) is 0 Å². The fraction of sp³-hybridized carbons (Fsp3) is 0. The monoisotopic (exact) mass is 684 g/mol. The van der Waals surface area contributed by atoms with Gasteiger partial charge in [0.25, 0.3) is 40.5 Å². The van der Waals surface area contributed by atoms with Crippen LogP contribution in [-0.2, 0) is 40.5 Å². The molecule has 4 radical (unpaired) electrons. The molecule has 0 fully saturated rings. The molecule has 8 N–H and O–H groups in total. The molecule has 2 aromatic carbocycles.